The Labute approximate surface area is 118 Å². The molecule has 1 N–H and O–H groups in total. The highest BCUT2D eigenvalue weighted by atomic mass is 127. The molecule has 0 amide bonds. The van der Waals surface area contributed by atoms with Crippen LogP contribution in [-0.2, 0) is 7.05 Å². The SMILES string of the molecule is Cn1c(-c2ccc(I)c(O)c2)nc2ccccc21. The van der Waals surface area contributed by atoms with Gasteiger partial charge in [0.15, 0.2) is 0 Å². The second kappa shape index (κ2) is 4.28. The summed E-state index contributed by atoms with van der Waals surface area (Å²) in [6.07, 6.45) is 0. The summed E-state index contributed by atoms with van der Waals surface area (Å²) in [7, 11) is 1.99. The summed E-state index contributed by atoms with van der Waals surface area (Å²) in [4.78, 5) is 4.60. The Morgan fingerprint density at radius 2 is 1.94 bits per heavy atom. The Kier molecular flexibility index (Phi) is 2.74. The predicted molar refractivity (Wildman–Crippen MR) is 80.5 cm³/mol. The van der Waals surface area contributed by atoms with Crippen molar-refractivity contribution in [3.8, 4) is 17.1 Å². The molecule has 0 radical (unpaired) electrons. The van der Waals surface area contributed by atoms with E-state index in [9.17, 15) is 5.11 Å². The van der Waals surface area contributed by atoms with Crippen LogP contribution in [0.3, 0.4) is 0 Å². The van der Waals surface area contributed by atoms with Crippen LogP contribution >= 0.6 is 22.6 Å². The second-order valence-corrected chi connectivity index (χ2v) is 5.31. The summed E-state index contributed by atoms with van der Waals surface area (Å²) in [6.45, 7) is 0. The lowest BCUT2D eigenvalue weighted by Crippen LogP contribution is -1.92. The minimum absolute atomic E-state index is 0.292. The number of halogens is 1. The zero-order valence-electron chi connectivity index (χ0n) is 9.76. The summed E-state index contributed by atoms with van der Waals surface area (Å²) in [5.74, 6) is 1.16. The molecule has 0 unspecified atom stereocenters. The van der Waals surface area contributed by atoms with E-state index in [0.717, 1.165) is 26.0 Å². The maximum absolute atomic E-state index is 9.78. The zero-order valence-corrected chi connectivity index (χ0v) is 11.9. The maximum Gasteiger partial charge on any atom is 0.140 e. The lowest BCUT2D eigenvalue weighted by atomic mass is 10.2. The van der Waals surface area contributed by atoms with Gasteiger partial charge >= 0.3 is 0 Å². The van der Waals surface area contributed by atoms with Gasteiger partial charge in [-0.3, -0.25) is 0 Å². The molecule has 0 bridgehead atoms. The molecule has 0 aliphatic rings. The van der Waals surface area contributed by atoms with Gasteiger partial charge < -0.3 is 9.67 Å². The molecule has 0 saturated carbocycles. The highest BCUT2D eigenvalue weighted by Gasteiger charge is 2.10. The van der Waals surface area contributed by atoms with Gasteiger partial charge in [0.2, 0.25) is 0 Å². The number of para-hydroxylation sites is 2. The van der Waals surface area contributed by atoms with E-state index in [1.165, 1.54) is 0 Å². The molecular weight excluding hydrogens is 339 g/mol. The normalized spacial score (nSPS) is 11.0. The fraction of sp³-hybridized carbons (Fsp3) is 0.0714. The highest BCUT2D eigenvalue weighted by Crippen LogP contribution is 2.28. The van der Waals surface area contributed by atoms with Gasteiger partial charge in [0.1, 0.15) is 11.6 Å². The number of phenolic OH excluding ortho intramolecular Hbond substituents is 1. The Morgan fingerprint density at radius 1 is 1.17 bits per heavy atom. The molecule has 3 rings (SSSR count). The number of hydrogen-bond acceptors (Lipinski definition) is 2. The van der Waals surface area contributed by atoms with E-state index in [2.05, 4.69) is 27.6 Å². The topological polar surface area (TPSA) is 38.0 Å². The minimum Gasteiger partial charge on any atom is -0.507 e. The third-order valence-electron chi connectivity index (χ3n) is 2.99. The van der Waals surface area contributed by atoms with Gasteiger partial charge in [0.25, 0.3) is 0 Å². The Bertz CT molecular complexity index is 734. The van der Waals surface area contributed by atoms with Crippen LogP contribution < -0.4 is 0 Å². The van der Waals surface area contributed by atoms with Gasteiger partial charge in [-0.25, -0.2) is 4.98 Å². The number of aromatic nitrogens is 2. The lowest BCUT2D eigenvalue weighted by molar-refractivity contribution is 0.471. The molecule has 3 nitrogen and oxygen atoms in total. The number of benzene rings is 2. The first kappa shape index (κ1) is 11.5. The van der Waals surface area contributed by atoms with Crippen molar-refractivity contribution < 1.29 is 5.11 Å². The standard InChI is InChI=1S/C14H11IN2O/c1-17-12-5-3-2-4-11(12)16-14(17)9-6-7-10(15)13(18)8-9/h2-8,18H,1H3. The molecule has 18 heavy (non-hydrogen) atoms. The zero-order chi connectivity index (χ0) is 12.7. The molecule has 1 heterocycles. The first-order chi connectivity index (χ1) is 8.66. The molecule has 1 aromatic heterocycles. The summed E-state index contributed by atoms with van der Waals surface area (Å²) < 4.78 is 2.88. The molecular formula is C14H11IN2O. The first-order valence-corrected chi connectivity index (χ1v) is 6.65. The van der Waals surface area contributed by atoms with E-state index in [4.69, 9.17) is 0 Å². The number of rotatable bonds is 1. The molecule has 90 valence electrons. The molecule has 0 saturated heterocycles. The van der Waals surface area contributed by atoms with Crippen LogP contribution in [0.4, 0.5) is 0 Å². The molecule has 0 fully saturated rings. The fourth-order valence-corrected chi connectivity index (χ4v) is 2.39. The highest BCUT2D eigenvalue weighted by molar-refractivity contribution is 14.1. The van der Waals surface area contributed by atoms with Gasteiger partial charge in [-0.05, 0) is 52.9 Å². The number of fused-ring (bicyclic) bond motifs is 1. The van der Waals surface area contributed by atoms with Gasteiger partial charge in [-0.15, -0.1) is 0 Å². The molecule has 3 aromatic rings. The van der Waals surface area contributed by atoms with E-state index < -0.39 is 0 Å². The van der Waals surface area contributed by atoms with Crippen LogP contribution in [0, 0.1) is 3.57 Å². The molecule has 0 atom stereocenters. The minimum atomic E-state index is 0.292. The number of phenols is 1. The molecule has 0 spiro atoms. The van der Waals surface area contributed by atoms with E-state index in [1.54, 1.807) is 6.07 Å². The molecule has 0 aliphatic carbocycles. The largest absolute Gasteiger partial charge is 0.507 e. The van der Waals surface area contributed by atoms with Crippen molar-refractivity contribution >= 4 is 33.6 Å². The van der Waals surface area contributed by atoms with Crippen LogP contribution in [0.5, 0.6) is 5.75 Å². The van der Waals surface area contributed by atoms with Crippen LogP contribution in [-0.4, -0.2) is 14.7 Å². The van der Waals surface area contributed by atoms with Crippen LogP contribution in [0.25, 0.3) is 22.4 Å². The van der Waals surface area contributed by atoms with Crippen molar-refractivity contribution in [2.75, 3.05) is 0 Å². The van der Waals surface area contributed by atoms with Crippen molar-refractivity contribution in [3.63, 3.8) is 0 Å². The van der Waals surface area contributed by atoms with Crippen molar-refractivity contribution in [1.29, 1.82) is 0 Å². The molecule has 2 aromatic carbocycles. The summed E-state index contributed by atoms with van der Waals surface area (Å²) in [5, 5.41) is 9.78. The van der Waals surface area contributed by atoms with Crippen molar-refractivity contribution in [2.24, 2.45) is 7.05 Å². The van der Waals surface area contributed by atoms with Gasteiger partial charge in [0.05, 0.1) is 14.6 Å². The van der Waals surface area contributed by atoms with Crippen molar-refractivity contribution in [1.82, 2.24) is 9.55 Å². The molecule has 0 aliphatic heterocycles. The lowest BCUT2D eigenvalue weighted by Gasteiger charge is -2.04. The van der Waals surface area contributed by atoms with Crippen molar-refractivity contribution in [2.45, 2.75) is 0 Å². The van der Waals surface area contributed by atoms with E-state index in [1.807, 2.05) is 48.0 Å². The Hall–Kier alpha value is -1.56. The number of aromatic hydroxyl groups is 1. The third kappa shape index (κ3) is 1.77. The van der Waals surface area contributed by atoms with Gasteiger partial charge in [-0.2, -0.15) is 0 Å². The summed E-state index contributed by atoms with van der Waals surface area (Å²) in [6, 6.07) is 13.6. The maximum atomic E-state index is 9.78. The fourth-order valence-electron chi connectivity index (χ4n) is 2.06. The summed E-state index contributed by atoms with van der Waals surface area (Å²) in [5.41, 5.74) is 2.98. The van der Waals surface area contributed by atoms with Crippen LogP contribution in [0.2, 0.25) is 0 Å². The summed E-state index contributed by atoms with van der Waals surface area (Å²) >= 11 is 2.11. The van der Waals surface area contributed by atoms with Crippen LogP contribution in [0.15, 0.2) is 42.5 Å². The average Bonchev–Trinajstić information content (AvgIpc) is 2.71. The number of imidazole rings is 1. The Morgan fingerprint density at radius 3 is 2.67 bits per heavy atom. The number of aryl methyl sites for hydroxylation is 1. The predicted octanol–water partition coefficient (Wildman–Crippen LogP) is 3.55. The van der Waals surface area contributed by atoms with Crippen LogP contribution in [0.1, 0.15) is 0 Å². The smallest absolute Gasteiger partial charge is 0.140 e. The first-order valence-electron chi connectivity index (χ1n) is 5.57. The van der Waals surface area contributed by atoms with Gasteiger partial charge in [-0.1, -0.05) is 12.1 Å². The quantitative estimate of drug-likeness (QED) is 0.682. The second-order valence-electron chi connectivity index (χ2n) is 4.15. The van der Waals surface area contributed by atoms with E-state index >= 15 is 0 Å². The van der Waals surface area contributed by atoms with Gasteiger partial charge in [0, 0.05) is 12.6 Å². The monoisotopic (exact) mass is 350 g/mol. The molecule has 4 heteroatoms. The number of hydrogen-bond donors (Lipinski definition) is 1. The average molecular weight is 350 g/mol. The Balaban J connectivity index is 2.25. The van der Waals surface area contributed by atoms with E-state index in [0.29, 0.717) is 5.75 Å². The number of nitrogens with zero attached hydrogens (tertiary/aromatic N) is 2. The van der Waals surface area contributed by atoms with Crippen molar-refractivity contribution in [3.05, 3.63) is 46.0 Å². The van der Waals surface area contributed by atoms with E-state index in [-0.39, 0.29) is 0 Å². The third-order valence-corrected chi connectivity index (χ3v) is 3.90.